The Morgan fingerprint density at radius 1 is 1.37 bits per heavy atom. The average molecular weight is 265 g/mol. The van der Waals surface area contributed by atoms with E-state index in [0.717, 1.165) is 12.2 Å². The number of aryl methyl sites for hydroxylation is 2. The van der Waals surface area contributed by atoms with Crippen molar-refractivity contribution in [3.8, 4) is 5.75 Å². The monoisotopic (exact) mass is 265 g/mol. The van der Waals surface area contributed by atoms with Gasteiger partial charge in [-0.15, -0.1) is 0 Å². The summed E-state index contributed by atoms with van der Waals surface area (Å²) in [4.78, 5) is 11.6. The molecule has 1 rings (SSSR count). The van der Waals surface area contributed by atoms with Gasteiger partial charge in [0, 0.05) is 0 Å². The molecule has 0 saturated carbocycles. The average Bonchev–Trinajstić information content (AvgIpc) is 2.40. The molecule has 0 aliphatic carbocycles. The summed E-state index contributed by atoms with van der Waals surface area (Å²) >= 11 is 0. The predicted molar refractivity (Wildman–Crippen MR) is 75.3 cm³/mol. The van der Waals surface area contributed by atoms with Crippen LogP contribution in [0.5, 0.6) is 5.75 Å². The van der Waals surface area contributed by atoms with Crippen LogP contribution < -0.4 is 10.1 Å². The molecule has 2 N–H and O–H groups in total. The molecule has 19 heavy (non-hydrogen) atoms. The van der Waals surface area contributed by atoms with Crippen LogP contribution in [-0.4, -0.2) is 30.3 Å². The fourth-order valence-corrected chi connectivity index (χ4v) is 1.64. The Labute approximate surface area is 114 Å². The zero-order valence-electron chi connectivity index (χ0n) is 11.9. The zero-order valence-corrected chi connectivity index (χ0v) is 11.9. The number of benzene rings is 1. The minimum absolute atomic E-state index is 0.0275. The van der Waals surface area contributed by atoms with Crippen LogP contribution in [0, 0.1) is 13.8 Å². The lowest BCUT2D eigenvalue weighted by molar-refractivity contribution is -0.122. The molecule has 4 heteroatoms. The van der Waals surface area contributed by atoms with E-state index in [1.807, 2.05) is 39.0 Å². The Kier molecular flexibility index (Phi) is 6.36. The Hall–Kier alpha value is -1.55. The molecule has 106 valence electrons. The fraction of sp³-hybridized carbons (Fsp3) is 0.533. The Balaban J connectivity index is 2.33. The quantitative estimate of drug-likeness (QED) is 0.792. The van der Waals surface area contributed by atoms with Crippen LogP contribution in [0.4, 0.5) is 0 Å². The van der Waals surface area contributed by atoms with E-state index in [1.54, 1.807) is 0 Å². The van der Waals surface area contributed by atoms with E-state index in [1.165, 1.54) is 11.1 Å². The maximum absolute atomic E-state index is 11.6. The Morgan fingerprint density at radius 3 is 2.68 bits per heavy atom. The van der Waals surface area contributed by atoms with Gasteiger partial charge in [0.2, 0.25) is 5.91 Å². The van der Waals surface area contributed by atoms with E-state index in [-0.39, 0.29) is 18.6 Å². The van der Waals surface area contributed by atoms with E-state index in [9.17, 15) is 4.79 Å². The van der Waals surface area contributed by atoms with E-state index in [2.05, 4.69) is 5.32 Å². The van der Waals surface area contributed by atoms with Crippen molar-refractivity contribution in [2.24, 2.45) is 0 Å². The molecule has 0 spiro atoms. The first-order valence-electron chi connectivity index (χ1n) is 6.67. The van der Waals surface area contributed by atoms with E-state index in [0.29, 0.717) is 13.0 Å². The van der Waals surface area contributed by atoms with E-state index < -0.39 is 0 Å². The molecule has 0 aromatic heterocycles. The van der Waals surface area contributed by atoms with Crippen molar-refractivity contribution in [3.05, 3.63) is 29.3 Å². The third-order valence-corrected chi connectivity index (χ3v) is 3.15. The molecule has 1 aromatic rings. The second-order valence-electron chi connectivity index (χ2n) is 4.70. The summed E-state index contributed by atoms with van der Waals surface area (Å²) < 4.78 is 5.54. The lowest BCUT2D eigenvalue weighted by atomic mass is 10.1. The van der Waals surface area contributed by atoms with Crippen LogP contribution in [0.3, 0.4) is 0 Å². The normalized spacial score (nSPS) is 12.0. The number of rotatable bonds is 7. The molecule has 0 aliphatic heterocycles. The number of nitrogens with one attached hydrogen (secondary N) is 1. The molecule has 4 nitrogen and oxygen atoms in total. The smallest absolute Gasteiger partial charge is 0.223 e. The number of aliphatic hydroxyl groups is 1. The van der Waals surface area contributed by atoms with E-state index >= 15 is 0 Å². The second-order valence-corrected chi connectivity index (χ2v) is 4.70. The van der Waals surface area contributed by atoms with Gasteiger partial charge >= 0.3 is 0 Å². The first kappa shape index (κ1) is 15.5. The SMILES string of the molecule is CC[C@@H](CO)NC(=O)CCOc1ccc(C)c(C)c1. The molecule has 0 radical (unpaired) electrons. The zero-order chi connectivity index (χ0) is 14.3. The molecule has 0 unspecified atom stereocenters. The number of hydrogen-bond donors (Lipinski definition) is 2. The molecule has 0 saturated heterocycles. The van der Waals surface area contributed by atoms with Gasteiger partial charge in [0.1, 0.15) is 5.75 Å². The Morgan fingerprint density at radius 2 is 2.11 bits per heavy atom. The van der Waals surface area contributed by atoms with Crippen molar-refractivity contribution in [1.82, 2.24) is 5.32 Å². The summed E-state index contributed by atoms with van der Waals surface area (Å²) in [5.41, 5.74) is 2.40. The van der Waals surface area contributed by atoms with Gasteiger partial charge in [-0.05, 0) is 43.5 Å². The molecular weight excluding hydrogens is 242 g/mol. The summed E-state index contributed by atoms with van der Waals surface area (Å²) in [5, 5.41) is 11.7. The lowest BCUT2D eigenvalue weighted by Gasteiger charge is -2.14. The van der Waals surface area contributed by atoms with Crippen molar-refractivity contribution in [1.29, 1.82) is 0 Å². The summed E-state index contributed by atoms with van der Waals surface area (Å²) in [6.07, 6.45) is 1.02. The van der Waals surface area contributed by atoms with Gasteiger partial charge in [-0.3, -0.25) is 4.79 Å². The van der Waals surface area contributed by atoms with Crippen LogP contribution in [-0.2, 0) is 4.79 Å². The summed E-state index contributed by atoms with van der Waals surface area (Å²) in [7, 11) is 0. The molecule has 0 heterocycles. The van der Waals surface area contributed by atoms with Gasteiger partial charge in [-0.25, -0.2) is 0 Å². The lowest BCUT2D eigenvalue weighted by Crippen LogP contribution is -2.37. The first-order chi connectivity index (χ1) is 9.06. The highest BCUT2D eigenvalue weighted by Gasteiger charge is 2.09. The summed E-state index contributed by atoms with van der Waals surface area (Å²) in [5.74, 6) is 0.690. The molecule has 0 bridgehead atoms. The number of hydrogen-bond acceptors (Lipinski definition) is 3. The minimum Gasteiger partial charge on any atom is -0.493 e. The fourth-order valence-electron chi connectivity index (χ4n) is 1.64. The second kappa shape index (κ2) is 7.79. The number of ether oxygens (including phenoxy) is 1. The van der Waals surface area contributed by atoms with Gasteiger partial charge in [-0.1, -0.05) is 13.0 Å². The maximum atomic E-state index is 11.6. The van der Waals surface area contributed by atoms with Crippen molar-refractivity contribution < 1.29 is 14.6 Å². The van der Waals surface area contributed by atoms with Crippen LogP contribution >= 0.6 is 0 Å². The van der Waals surface area contributed by atoms with Crippen LogP contribution in [0.1, 0.15) is 30.9 Å². The molecule has 0 fully saturated rings. The Bertz CT molecular complexity index is 414. The largest absolute Gasteiger partial charge is 0.493 e. The van der Waals surface area contributed by atoms with Crippen molar-refractivity contribution in [2.45, 2.75) is 39.7 Å². The molecule has 1 atom stereocenters. The first-order valence-corrected chi connectivity index (χ1v) is 6.67. The van der Waals surface area contributed by atoms with Gasteiger partial charge in [0.05, 0.1) is 25.7 Å². The van der Waals surface area contributed by atoms with Gasteiger partial charge in [0.15, 0.2) is 0 Å². The van der Waals surface area contributed by atoms with Crippen LogP contribution in [0.15, 0.2) is 18.2 Å². The van der Waals surface area contributed by atoms with Crippen LogP contribution in [0.2, 0.25) is 0 Å². The number of carbonyl (C=O) groups excluding carboxylic acids is 1. The number of carbonyl (C=O) groups is 1. The van der Waals surface area contributed by atoms with Gasteiger partial charge in [-0.2, -0.15) is 0 Å². The summed E-state index contributed by atoms with van der Waals surface area (Å²) in [6.45, 7) is 6.32. The van der Waals surface area contributed by atoms with E-state index in [4.69, 9.17) is 9.84 Å². The highest BCUT2D eigenvalue weighted by Crippen LogP contribution is 2.16. The van der Waals surface area contributed by atoms with Gasteiger partial charge < -0.3 is 15.2 Å². The third kappa shape index (κ3) is 5.30. The van der Waals surface area contributed by atoms with Crippen molar-refractivity contribution in [3.63, 3.8) is 0 Å². The standard InChI is InChI=1S/C15H23NO3/c1-4-13(10-17)16-15(18)7-8-19-14-6-5-11(2)12(3)9-14/h5-6,9,13,17H,4,7-8,10H2,1-3H3,(H,16,18)/t13-/m0/s1. The predicted octanol–water partition coefficient (Wildman–Crippen LogP) is 1.96. The minimum atomic E-state index is -0.158. The van der Waals surface area contributed by atoms with Crippen LogP contribution in [0.25, 0.3) is 0 Å². The topological polar surface area (TPSA) is 58.6 Å². The molecule has 1 amide bonds. The molecule has 0 aliphatic rings. The van der Waals surface area contributed by atoms with Crippen molar-refractivity contribution in [2.75, 3.05) is 13.2 Å². The highest BCUT2D eigenvalue weighted by molar-refractivity contribution is 5.76. The third-order valence-electron chi connectivity index (χ3n) is 3.15. The van der Waals surface area contributed by atoms with Crippen molar-refractivity contribution >= 4 is 5.91 Å². The molecular formula is C15H23NO3. The molecule has 1 aromatic carbocycles. The van der Waals surface area contributed by atoms with Gasteiger partial charge in [0.25, 0.3) is 0 Å². The summed E-state index contributed by atoms with van der Waals surface area (Å²) in [6, 6.07) is 5.72. The number of amides is 1. The maximum Gasteiger partial charge on any atom is 0.223 e. The number of aliphatic hydroxyl groups excluding tert-OH is 1. The highest BCUT2D eigenvalue weighted by atomic mass is 16.5.